The molecular weight excluding hydrogens is 416 g/mol. The number of aryl methyl sites for hydroxylation is 1. The maximum absolute atomic E-state index is 13.1. The van der Waals surface area contributed by atoms with E-state index in [9.17, 15) is 13.2 Å². The molecule has 2 aromatic rings. The molecular formula is C23H28N2O5S. The number of nitrogens with one attached hydrogen (secondary N) is 1. The highest BCUT2D eigenvalue weighted by molar-refractivity contribution is 7.89. The lowest BCUT2D eigenvalue weighted by Crippen LogP contribution is -2.41. The Morgan fingerprint density at radius 3 is 2.52 bits per heavy atom. The molecule has 2 aromatic carbocycles. The Morgan fingerprint density at radius 2 is 1.77 bits per heavy atom. The van der Waals surface area contributed by atoms with Crippen LogP contribution in [0.5, 0.6) is 11.5 Å². The van der Waals surface area contributed by atoms with Crippen molar-refractivity contribution in [1.29, 1.82) is 0 Å². The van der Waals surface area contributed by atoms with Crippen LogP contribution in [0.2, 0.25) is 0 Å². The normalized spacial score (nSPS) is 19.5. The number of hydrogen-bond acceptors (Lipinski definition) is 5. The first-order chi connectivity index (χ1) is 14.9. The van der Waals surface area contributed by atoms with Crippen molar-refractivity contribution in [1.82, 2.24) is 9.62 Å². The number of carbonyl (C=O) groups excluding carboxylic acids is 1. The second-order valence-corrected chi connectivity index (χ2v) is 9.94. The first kappa shape index (κ1) is 21.6. The molecule has 1 saturated heterocycles. The molecule has 0 saturated carbocycles. The number of fused-ring (bicyclic) bond motifs is 1. The molecule has 2 heterocycles. The van der Waals surface area contributed by atoms with E-state index in [0.29, 0.717) is 36.8 Å². The van der Waals surface area contributed by atoms with Gasteiger partial charge < -0.3 is 14.8 Å². The first-order valence-electron chi connectivity index (χ1n) is 10.7. The van der Waals surface area contributed by atoms with E-state index in [1.165, 1.54) is 10.4 Å². The molecule has 0 radical (unpaired) electrons. The third-order valence-corrected chi connectivity index (χ3v) is 7.61. The Morgan fingerprint density at radius 1 is 1.06 bits per heavy atom. The zero-order valence-electron chi connectivity index (χ0n) is 17.7. The van der Waals surface area contributed by atoms with Crippen LogP contribution >= 0.6 is 0 Å². The number of benzene rings is 2. The molecule has 0 spiro atoms. The fraction of sp³-hybridized carbons (Fsp3) is 0.435. The van der Waals surface area contributed by atoms with E-state index >= 15 is 0 Å². The van der Waals surface area contributed by atoms with E-state index in [1.54, 1.807) is 19.1 Å². The first-order valence-corrected chi connectivity index (χ1v) is 12.2. The molecule has 1 atom stereocenters. The molecule has 0 bridgehead atoms. The molecule has 1 N–H and O–H groups in total. The molecule has 4 rings (SSSR count). The summed E-state index contributed by atoms with van der Waals surface area (Å²) >= 11 is 0. The van der Waals surface area contributed by atoms with E-state index in [4.69, 9.17) is 9.47 Å². The zero-order chi connectivity index (χ0) is 21.8. The molecule has 2 aliphatic heterocycles. The van der Waals surface area contributed by atoms with Gasteiger partial charge in [-0.05, 0) is 49.6 Å². The van der Waals surface area contributed by atoms with Crippen LogP contribution in [0.25, 0.3) is 0 Å². The number of rotatable bonds is 5. The van der Waals surface area contributed by atoms with E-state index in [1.807, 2.05) is 24.3 Å². The largest absolute Gasteiger partial charge is 0.486 e. The summed E-state index contributed by atoms with van der Waals surface area (Å²) < 4.78 is 39.3. The highest BCUT2D eigenvalue weighted by Gasteiger charge is 2.27. The minimum Gasteiger partial charge on any atom is -0.486 e. The lowest BCUT2D eigenvalue weighted by Gasteiger charge is -2.26. The van der Waals surface area contributed by atoms with Gasteiger partial charge in [0.05, 0.1) is 11.4 Å². The highest BCUT2D eigenvalue weighted by Crippen LogP contribution is 2.30. The summed E-state index contributed by atoms with van der Waals surface area (Å²) in [6.45, 7) is 3.44. The van der Waals surface area contributed by atoms with Crippen molar-refractivity contribution in [2.24, 2.45) is 0 Å². The topological polar surface area (TPSA) is 84.9 Å². The van der Waals surface area contributed by atoms with E-state index in [2.05, 4.69) is 5.32 Å². The number of amides is 1. The van der Waals surface area contributed by atoms with Crippen molar-refractivity contribution in [3.63, 3.8) is 0 Å². The van der Waals surface area contributed by atoms with Gasteiger partial charge in [0.2, 0.25) is 10.0 Å². The summed E-state index contributed by atoms with van der Waals surface area (Å²) in [6.07, 6.45) is 3.51. The van der Waals surface area contributed by atoms with E-state index < -0.39 is 10.0 Å². The Hall–Kier alpha value is -2.58. The van der Waals surface area contributed by atoms with Crippen molar-refractivity contribution in [3.05, 3.63) is 53.6 Å². The molecule has 7 nitrogen and oxygen atoms in total. The smallest absolute Gasteiger partial charge is 0.251 e. The average Bonchev–Trinajstić information content (AvgIpc) is 3.08. The Kier molecular flexibility index (Phi) is 6.48. The number of ether oxygens (including phenoxy) is 2. The van der Waals surface area contributed by atoms with Crippen molar-refractivity contribution in [2.45, 2.75) is 43.6 Å². The van der Waals surface area contributed by atoms with Crippen LogP contribution in [-0.4, -0.2) is 51.0 Å². The highest BCUT2D eigenvalue weighted by atomic mass is 32.2. The van der Waals surface area contributed by atoms with Crippen LogP contribution in [0.3, 0.4) is 0 Å². The monoisotopic (exact) mass is 444 g/mol. The van der Waals surface area contributed by atoms with Gasteiger partial charge in [-0.15, -0.1) is 0 Å². The number of para-hydroxylation sites is 2. The van der Waals surface area contributed by atoms with E-state index in [-0.39, 0.29) is 23.5 Å². The minimum atomic E-state index is -3.62. The molecule has 1 fully saturated rings. The second-order valence-electron chi connectivity index (χ2n) is 8.00. The quantitative estimate of drug-likeness (QED) is 0.766. The molecule has 166 valence electrons. The van der Waals surface area contributed by atoms with Gasteiger partial charge in [0.15, 0.2) is 11.5 Å². The van der Waals surface area contributed by atoms with Crippen molar-refractivity contribution in [2.75, 3.05) is 26.2 Å². The fourth-order valence-corrected chi connectivity index (χ4v) is 5.45. The summed E-state index contributed by atoms with van der Waals surface area (Å²) in [6, 6.07) is 12.2. The van der Waals surface area contributed by atoms with Gasteiger partial charge in [-0.1, -0.05) is 31.0 Å². The van der Waals surface area contributed by atoms with Gasteiger partial charge in [-0.25, -0.2) is 8.42 Å². The predicted molar refractivity (Wildman–Crippen MR) is 117 cm³/mol. The molecule has 8 heteroatoms. The third-order valence-electron chi connectivity index (χ3n) is 5.71. The van der Waals surface area contributed by atoms with Crippen LogP contribution in [0, 0.1) is 6.92 Å². The van der Waals surface area contributed by atoms with Gasteiger partial charge in [-0.2, -0.15) is 4.31 Å². The van der Waals surface area contributed by atoms with Gasteiger partial charge in [-0.3, -0.25) is 4.79 Å². The molecule has 2 aliphatic rings. The maximum Gasteiger partial charge on any atom is 0.251 e. The van der Waals surface area contributed by atoms with Crippen LogP contribution < -0.4 is 14.8 Å². The van der Waals surface area contributed by atoms with Gasteiger partial charge in [0.25, 0.3) is 5.91 Å². The summed E-state index contributed by atoms with van der Waals surface area (Å²) in [5.74, 6) is 1.01. The van der Waals surface area contributed by atoms with Crippen molar-refractivity contribution in [3.8, 4) is 11.5 Å². The van der Waals surface area contributed by atoms with Gasteiger partial charge >= 0.3 is 0 Å². The molecule has 31 heavy (non-hydrogen) atoms. The predicted octanol–water partition coefficient (Wildman–Crippen LogP) is 3.13. The Balaban J connectivity index is 1.45. The van der Waals surface area contributed by atoms with Gasteiger partial charge in [0.1, 0.15) is 12.7 Å². The Bertz CT molecular complexity index is 1050. The second kappa shape index (κ2) is 9.28. The SMILES string of the molecule is Cc1ccc(S(=O)(=O)N2CCCCCC2)cc1C(=O)NC[C@H]1COc2ccccc2O1. The number of nitrogens with zero attached hydrogens (tertiary/aromatic N) is 1. The summed E-state index contributed by atoms with van der Waals surface area (Å²) in [5.41, 5.74) is 1.08. The lowest BCUT2D eigenvalue weighted by atomic mass is 10.1. The minimum absolute atomic E-state index is 0.163. The number of carbonyl (C=O) groups is 1. The van der Waals surface area contributed by atoms with Crippen LogP contribution in [0.4, 0.5) is 0 Å². The number of sulfonamides is 1. The average molecular weight is 445 g/mol. The zero-order valence-corrected chi connectivity index (χ0v) is 18.5. The third kappa shape index (κ3) is 4.85. The van der Waals surface area contributed by atoms with Crippen LogP contribution in [0.1, 0.15) is 41.6 Å². The summed E-state index contributed by atoms with van der Waals surface area (Å²) in [7, 11) is -3.62. The molecule has 0 aromatic heterocycles. The van der Waals surface area contributed by atoms with Crippen LogP contribution in [0.15, 0.2) is 47.4 Å². The maximum atomic E-state index is 13.1. The number of hydrogen-bond donors (Lipinski definition) is 1. The van der Waals surface area contributed by atoms with Crippen molar-refractivity contribution < 1.29 is 22.7 Å². The molecule has 0 aliphatic carbocycles. The fourth-order valence-electron chi connectivity index (χ4n) is 3.90. The van der Waals surface area contributed by atoms with E-state index in [0.717, 1.165) is 31.2 Å². The van der Waals surface area contributed by atoms with Crippen molar-refractivity contribution >= 4 is 15.9 Å². The lowest BCUT2D eigenvalue weighted by molar-refractivity contribution is 0.0789. The standard InChI is InChI=1S/C23H28N2O5S/c1-17-10-11-19(31(27,28)25-12-6-2-3-7-13-25)14-20(17)23(26)24-15-18-16-29-21-8-4-5-9-22(21)30-18/h4-5,8-11,14,18H,2-3,6-7,12-13,15-16H2,1H3,(H,24,26)/t18-/m0/s1. The summed E-state index contributed by atoms with van der Waals surface area (Å²) in [5, 5.41) is 2.86. The molecule has 1 amide bonds. The summed E-state index contributed by atoms with van der Waals surface area (Å²) in [4.78, 5) is 13.0. The van der Waals surface area contributed by atoms with Crippen LogP contribution in [-0.2, 0) is 10.0 Å². The Labute approximate surface area is 183 Å². The van der Waals surface area contributed by atoms with Gasteiger partial charge in [0, 0.05) is 18.7 Å². The molecule has 0 unspecified atom stereocenters.